The summed E-state index contributed by atoms with van der Waals surface area (Å²) in [6.45, 7) is 11.6. The van der Waals surface area contributed by atoms with Gasteiger partial charge in [-0.3, -0.25) is 0 Å². The van der Waals surface area contributed by atoms with Gasteiger partial charge in [0.1, 0.15) is 0 Å². The molecule has 0 spiro atoms. The third kappa shape index (κ3) is 4.40. The molecule has 0 amide bonds. The fourth-order valence-electron chi connectivity index (χ4n) is 2.41. The monoisotopic (exact) mass is 228 g/mol. The van der Waals surface area contributed by atoms with Gasteiger partial charge in [0.05, 0.1) is 11.7 Å². The van der Waals surface area contributed by atoms with Crippen LogP contribution in [0.4, 0.5) is 0 Å². The second kappa shape index (κ2) is 5.03. The van der Waals surface area contributed by atoms with Crippen LogP contribution in [0.5, 0.6) is 0 Å². The quantitative estimate of drug-likeness (QED) is 0.780. The van der Waals surface area contributed by atoms with Crippen LogP contribution in [-0.2, 0) is 4.74 Å². The maximum Gasteiger partial charge on any atom is 0.0710 e. The van der Waals surface area contributed by atoms with Crippen molar-refractivity contribution in [3.8, 4) is 0 Å². The zero-order valence-electron chi connectivity index (χ0n) is 11.5. The summed E-state index contributed by atoms with van der Waals surface area (Å²) in [5, 5.41) is 0. The van der Waals surface area contributed by atoms with Crippen molar-refractivity contribution in [2.24, 2.45) is 11.1 Å². The molecule has 2 N–H and O–H groups in total. The van der Waals surface area contributed by atoms with Gasteiger partial charge in [-0.2, -0.15) is 0 Å². The van der Waals surface area contributed by atoms with Gasteiger partial charge in [-0.05, 0) is 45.7 Å². The molecule has 1 aliphatic rings. The third-order valence-electron chi connectivity index (χ3n) is 3.32. The predicted octanol–water partition coefficient (Wildman–Crippen LogP) is 1.86. The number of rotatable bonds is 5. The Labute approximate surface area is 100 Å². The van der Waals surface area contributed by atoms with Crippen LogP contribution in [-0.4, -0.2) is 43.3 Å². The minimum Gasteiger partial charge on any atom is -0.371 e. The molecule has 3 heteroatoms. The van der Waals surface area contributed by atoms with Gasteiger partial charge in [0, 0.05) is 13.1 Å². The number of likely N-dealkylation sites (N-methyl/N-ethyl adjacent to an activating group) is 1. The summed E-state index contributed by atoms with van der Waals surface area (Å²) in [5.41, 5.74) is 6.02. The zero-order valence-corrected chi connectivity index (χ0v) is 11.5. The number of ether oxygens (including phenoxy) is 1. The normalized spacial score (nSPS) is 25.3. The van der Waals surface area contributed by atoms with E-state index in [1.54, 1.807) is 0 Å². The number of hydrogen-bond acceptors (Lipinski definition) is 3. The molecule has 1 aliphatic heterocycles. The molecule has 1 heterocycles. The number of hydrogen-bond donors (Lipinski definition) is 1. The molecule has 0 aliphatic carbocycles. The summed E-state index contributed by atoms with van der Waals surface area (Å²) in [7, 11) is 2.16. The third-order valence-corrected chi connectivity index (χ3v) is 3.32. The fraction of sp³-hybridized carbons (Fsp3) is 1.00. The molecule has 1 saturated heterocycles. The molecule has 16 heavy (non-hydrogen) atoms. The largest absolute Gasteiger partial charge is 0.371 e. The Kier molecular flexibility index (Phi) is 4.38. The van der Waals surface area contributed by atoms with E-state index in [1.807, 2.05) is 0 Å². The van der Waals surface area contributed by atoms with Gasteiger partial charge >= 0.3 is 0 Å². The first kappa shape index (κ1) is 13.9. The highest BCUT2D eigenvalue weighted by Crippen LogP contribution is 2.29. The highest BCUT2D eigenvalue weighted by atomic mass is 16.5. The summed E-state index contributed by atoms with van der Waals surface area (Å²) in [4.78, 5) is 2.35. The van der Waals surface area contributed by atoms with Crippen LogP contribution in [0.1, 0.15) is 40.5 Å². The van der Waals surface area contributed by atoms with E-state index in [1.165, 1.54) is 12.8 Å². The first-order valence-corrected chi connectivity index (χ1v) is 6.30. The van der Waals surface area contributed by atoms with E-state index in [2.05, 4.69) is 39.6 Å². The molecule has 0 saturated carbocycles. The van der Waals surface area contributed by atoms with Crippen molar-refractivity contribution in [2.45, 2.75) is 52.2 Å². The Morgan fingerprint density at radius 1 is 1.44 bits per heavy atom. The van der Waals surface area contributed by atoms with Crippen molar-refractivity contribution in [1.82, 2.24) is 4.90 Å². The maximum absolute atomic E-state index is 5.99. The minimum absolute atomic E-state index is 0.0783. The van der Waals surface area contributed by atoms with Crippen molar-refractivity contribution < 1.29 is 4.74 Å². The highest BCUT2D eigenvalue weighted by Gasteiger charge is 2.32. The van der Waals surface area contributed by atoms with Gasteiger partial charge < -0.3 is 15.4 Å². The molecule has 96 valence electrons. The molecule has 1 fully saturated rings. The van der Waals surface area contributed by atoms with Crippen molar-refractivity contribution >= 4 is 0 Å². The van der Waals surface area contributed by atoms with Crippen molar-refractivity contribution in [2.75, 3.05) is 26.7 Å². The summed E-state index contributed by atoms with van der Waals surface area (Å²) in [6, 6.07) is 0. The van der Waals surface area contributed by atoms with E-state index < -0.39 is 0 Å². The van der Waals surface area contributed by atoms with Crippen LogP contribution < -0.4 is 5.73 Å². The van der Waals surface area contributed by atoms with E-state index >= 15 is 0 Å². The van der Waals surface area contributed by atoms with E-state index in [-0.39, 0.29) is 11.0 Å². The van der Waals surface area contributed by atoms with Crippen molar-refractivity contribution in [3.05, 3.63) is 0 Å². The second-order valence-electron chi connectivity index (χ2n) is 6.60. The lowest BCUT2D eigenvalue weighted by atomic mass is 9.93. The summed E-state index contributed by atoms with van der Waals surface area (Å²) in [5.74, 6) is 0. The molecule has 0 aromatic heterocycles. The smallest absolute Gasteiger partial charge is 0.0710 e. The standard InChI is InChI=1S/C13H28N2O/c1-12(2,9-14)10-15(5)8-11-6-7-13(3,4)16-11/h11H,6-10,14H2,1-5H3. The summed E-state index contributed by atoms with van der Waals surface area (Å²) < 4.78 is 5.99. The SMILES string of the molecule is CN(CC1CCC(C)(C)O1)CC(C)(C)CN. The Balaban J connectivity index is 2.33. The molecule has 0 aromatic rings. The Morgan fingerprint density at radius 2 is 2.06 bits per heavy atom. The van der Waals surface area contributed by atoms with E-state index in [0.29, 0.717) is 6.10 Å². The number of nitrogens with zero attached hydrogens (tertiary/aromatic N) is 1. The molecule has 1 atom stereocenters. The van der Waals surface area contributed by atoms with Crippen LogP contribution in [0.25, 0.3) is 0 Å². The lowest BCUT2D eigenvalue weighted by Crippen LogP contribution is -2.40. The van der Waals surface area contributed by atoms with Gasteiger partial charge in [0.25, 0.3) is 0 Å². The first-order valence-electron chi connectivity index (χ1n) is 6.30. The molecule has 1 rings (SSSR count). The highest BCUT2D eigenvalue weighted by molar-refractivity contribution is 4.83. The van der Waals surface area contributed by atoms with E-state index in [0.717, 1.165) is 19.6 Å². The Morgan fingerprint density at radius 3 is 2.50 bits per heavy atom. The molecule has 0 aromatic carbocycles. The lowest BCUT2D eigenvalue weighted by Gasteiger charge is -2.31. The second-order valence-corrected chi connectivity index (χ2v) is 6.60. The first-order chi connectivity index (χ1) is 7.24. The maximum atomic E-state index is 5.99. The molecular formula is C13H28N2O. The molecule has 3 nitrogen and oxygen atoms in total. The van der Waals surface area contributed by atoms with Gasteiger partial charge in [-0.25, -0.2) is 0 Å². The molecular weight excluding hydrogens is 200 g/mol. The van der Waals surface area contributed by atoms with E-state index in [4.69, 9.17) is 10.5 Å². The van der Waals surface area contributed by atoms with Crippen LogP contribution in [0.15, 0.2) is 0 Å². The van der Waals surface area contributed by atoms with Gasteiger partial charge in [0.15, 0.2) is 0 Å². The van der Waals surface area contributed by atoms with E-state index in [9.17, 15) is 0 Å². The van der Waals surface area contributed by atoms with Crippen molar-refractivity contribution in [1.29, 1.82) is 0 Å². The molecule has 0 radical (unpaired) electrons. The van der Waals surface area contributed by atoms with Crippen LogP contribution >= 0.6 is 0 Å². The van der Waals surface area contributed by atoms with Crippen LogP contribution in [0.3, 0.4) is 0 Å². The lowest BCUT2D eigenvalue weighted by molar-refractivity contribution is -0.0285. The minimum atomic E-state index is 0.0783. The topological polar surface area (TPSA) is 38.5 Å². The predicted molar refractivity (Wildman–Crippen MR) is 68.5 cm³/mol. The number of nitrogens with two attached hydrogens (primary N) is 1. The fourth-order valence-corrected chi connectivity index (χ4v) is 2.41. The molecule has 0 bridgehead atoms. The van der Waals surface area contributed by atoms with Gasteiger partial charge in [0.2, 0.25) is 0 Å². The van der Waals surface area contributed by atoms with Crippen molar-refractivity contribution in [3.63, 3.8) is 0 Å². The average molecular weight is 228 g/mol. The summed E-state index contributed by atoms with van der Waals surface area (Å²) in [6.07, 6.45) is 2.75. The molecule has 1 unspecified atom stereocenters. The summed E-state index contributed by atoms with van der Waals surface area (Å²) >= 11 is 0. The Hall–Kier alpha value is -0.120. The average Bonchev–Trinajstić information content (AvgIpc) is 2.44. The van der Waals surface area contributed by atoms with Gasteiger partial charge in [-0.15, -0.1) is 0 Å². The van der Waals surface area contributed by atoms with Crippen LogP contribution in [0.2, 0.25) is 0 Å². The Bertz CT molecular complexity index is 226. The van der Waals surface area contributed by atoms with Crippen LogP contribution in [0, 0.1) is 5.41 Å². The zero-order chi connectivity index (χ0) is 12.4. The van der Waals surface area contributed by atoms with Gasteiger partial charge in [-0.1, -0.05) is 13.8 Å².